The van der Waals surface area contributed by atoms with Gasteiger partial charge in [0.05, 0.1) is 12.8 Å². The predicted octanol–water partition coefficient (Wildman–Crippen LogP) is 1.82. The lowest BCUT2D eigenvalue weighted by Gasteiger charge is -2.32. The second kappa shape index (κ2) is 9.24. The van der Waals surface area contributed by atoms with Gasteiger partial charge in [-0.15, -0.1) is 0 Å². The van der Waals surface area contributed by atoms with E-state index >= 15 is 0 Å². The van der Waals surface area contributed by atoms with E-state index in [1.165, 1.54) is 16.1 Å². The summed E-state index contributed by atoms with van der Waals surface area (Å²) in [5.74, 6) is -0.0111. The molecule has 0 spiro atoms. The first kappa shape index (κ1) is 23.4. The van der Waals surface area contributed by atoms with Crippen LogP contribution in [0.15, 0.2) is 23.1 Å². The summed E-state index contributed by atoms with van der Waals surface area (Å²) in [5, 5.41) is 7.28. The molecule has 2 aliphatic heterocycles. The van der Waals surface area contributed by atoms with Gasteiger partial charge in [-0.2, -0.15) is 14.1 Å². The van der Waals surface area contributed by atoms with Gasteiger partial charge in [0.2, 0.25) is 21.8 Å². The Morgan fingerprint density at radius 1 is 1.12 bits per heavy atom. The van der Waals surface area contributed by atoms with Crippen molar-refractivity contribution >= 4 is 27.7 Å². The number of amides is 1. The summed E-state index contributed by atoms with van der Waals surface area (Å²) < 4.78 is 35.2. The van der Waals surface area contributed by atoms with Gasteiger partial charge in [0.25, 0.3) is 0 Å². The van der Waals surface area contributed by atoms with Gasteiger partial charge in [0.15, 0.2) is 0 Å². The van der Waals surface area contributed by atoms with E-state index in [0.29, 0.717) is 55.2 Å². The van der Waals surface area contributed by atoms with E-state index in [0.717, 1.165) is 6.42 Å². The number of hydrogen-bond donors (Lipinski definition) is 1. The van der Waals surface area contributed by atoms with E-state index < -0.39 is 10.0 Å². The third-order valence-electron chi connectivity index (χ3n) is 6.04. The van der Waals surface area contributed by atoms with Crippen LogP contribution in [-0.4, -0.2) is 79.6 Å². The Bertz CT molecular complexity index is 1180. The number of ether oxygens (including phenoxy) is 1. The Morgan fingerprint density at radius 3 is 2.52 bits per heavy atom. The van der Waals surface area contributed by atoms with Gasteiger partial charge in [0, 0.05) is 44.6 Å². The van der Waals surface area contributed by atoms with Crippen LogP contribution in [0.4, 0.5) is 5.82 Å². The van der Waals surface area contributed by atoms with Crippen molar-refractivity contribution in [2.24, 2.45) is 0 Å². The minimum absolute atomic E-state index is 0.0562. The lowest BCUT2D eigenvalue weighted by molar-refractivity contribution is -0.116. The third-order valence-corrected chi connectivity index (χ3v) is 7.96. The minimum atomic E-state index is -3.82. The Labute approximate surface area is 193 Å². The highest BCUT2D eigenvalue weighted by atomic mass is 32.2. The van der Waals surface area contributed by atoms with Gasteiger partial charge in [0.1, 0.15) is 16.5 Å². The van der Waals surface area contributed by atoms with Crippen molar-refractivity contribution < 1.29 is 22.7 Å². The molecule has 1 aromatic carbocycles. The summed E-state index contributed by atoms with van der Waals surface area (Å²) in [6.45, 7) is 4.06. The first-order valence-corrected chi connectivity index (χ1v) is 12.5. The summed E-state index contributed by atoms with van der Waals surface area (Å²) in [7, 11) is -0.421. The first-order chi connectivity index (χ1) is 15.8. The fourth-order valence-corrected chi connectivity index (χ4v) is 5.80. The van der Waals surface area contributed by atoms with Crippen molar-refractivity contribution in [3.63, 3.8) is 0 Å². The molecule has 3 heterocycles. The summed E-state index contributed by atoms with van der Waals surface area (Å²) in [6, 6.07) is 4.91. The normalized spacial score (nSPS) is 18.0. The molecule has 11 heteroatoms. The topological polar surface area (TPSA) is 114 Å². The highest BCUT2D eigenvalue weighted by Gasteiger charge is 2.32. The Morgan fingerprint density at radius 2 is 1.85 bits per heavy atom. The Balaban J connectivity index is 1.86. The molecular weight excluding hydrogens is 446 g/mol. The number of rotatable bonds is 6. The highest BCUT2D eigenvalue weighted by molar-refractivity contribution is 7.89. The van der Waals surface area contributed by atoms with Crippen LogP contribution in [0.1, 0.15) is 36.7 Å². The van der Waals surface area contributed by atoms with Crippen LogP contribution in [-0.2, 0) is 21.2 Å². The van der Waals surface area contributed by atoms with Crippen LogP contribution in [0.2, 0.25) is 0 Å². The minimum Gasteiger partial charge on any atom is -0.495 e. The molecule has 1 saturated heterocycles. The maximum absolute atomic E-state index is 13.5. The van der Waals surface area contributed by atoms with E-state index in [2.05, 4.69) is 15.3 Å². The number of methoxy groups -OCH3 is 1. The lowest BCUT2D eigenvalue weighted by atomic mass is 10.0. The molecule has 33 heavy (non-hydrogen) atoms. The van der Waals surface area contributed by atoms with Crippen molar-refractivity contribution in [2.45, 2.75) is 37.5 Å². The third kappa shape index (κ3) is 4.40. The number of piperazine rings is 1. The summed E-state index contributed by atoms with van der Waals surface area (Å²) in [4.78, 5) is 27.0. The van der Waals surface area contributed by atoms with Crippen LogP contribution < -0.4 is 10.1 Å². The molecule has 2 aliphatic rings. The van der Waals surface area contributed by atoms with Crippen LogP contribution in [0.5, 0.6) is 5.75 Å². The predicted molar refractivity (Wildman–Crippen MR) is 123 cm³/mol. The van der Waals surface area contributed by atoms with E-state index in [4.69, 9.17) is 4.74 Å². The number of anilines is 1. The van der Waals surface area contributed by atoms with Crippen LogP contribution in [0.25, 0.3) is 11.1 Å². The van der Waals surface area contributed by atoms with Gasteiger partial charge in [-0.1, -0.05) is 19.4 Å². The van der Waals surface area contributed by atoms with Gasteiger partial charge in [-0.05, 0) is 31.2 Å². The van der Waals surface area contributed by atoms with E-state index in [-0.39, 0.29) is 35.3 Å². The Kier molecular flexibility index (Phi) is 6.55. The number of fused-ring (bicyclic) bond motifs is 1. The van der Waals surface area contributed by atoms with Crippen molar-refractivity contribution in [3.8, 4) is 16.9 Å². The van der Waals surface area contributed by atoms with E-state index in [1.807, 2.05) is 14.0 Å². The summed E-state index contributed by atoms with van der Waals surface area (Å²) in [5.41, 5.74) is 1.76. The number of sulfonamides is 1. The SMILES string of the molecule is CCCc1nn2c(c1-c1ccc(OC)c(S(=O)(=O)N3CCN(C)CC3)c1)NC(=O)CCC2=O. The molecule has 178 valence electrons. The van der Waals surface area contributed by atoms with Crippen molar-refractivity contribution in [1.29, 1.82) is 0 Å². The number of aromatic nitrogens is 2. The fraction of sp³-hybridized carbons (Fsp3) is 0.500. The zero-order valence-electron chi connectivity index (χ0n) is 19.1. The smallest absolute Gasteiger partial charge is 0.249 e. The van der Waals surface area contributed by atoms with Crippen LogP contribution >= 0.6 is 0 Å². The molecule has 10 nitrogen and oxygen atoms in total. The Hall–Kier alpha value is -2.76. The quantitative estimate of drug-likeness (QED) is 0.678. The number of benzene rings is 1. The fourth-order valence-electron chi connectivity index (χ4n) is 4.20. The van der Waals surface area contributed by atoms with Crippen molar-refractivity contribution in [2.75, 3.05) is 45.7 Å². The highest BCUT2D eigenvalue weighted by Crippen LogP contribution is 2.38. The number of carbonyl (C=O) groups excluding carboxylic acids is 2. The molecule has 0 aliphatic carbocycles. The summed E-state index contributed by atoms with van der Waals surface area (Å²) in [6.07, 6.45) is 1.49. The monoisotopic (exact) mass is 475 g/mol. The molecule has 0 atom stereocenters. The van der Waals surface area contributed by atoms with Gasteiger partial charge in [-0.25, -0.2) is 8.42 Å². The second-order valence-corrected chi connectivity index (χ2v) is 10.3. The molecule has 1 N–H and O–H groups in total. The molecule has 0 bridgehead atoms. The summed E-state index contributed by atoms with van der Waals surface area (Å²) >= 11 is 0. The molecule has 4 rings (SSSR count). The number of carbonyl (C=O) groups is 2. The van der Waals surface area contributed by atoms with Gasteiger partial charge in [-0.3, -0.25) is 9.59 Å². The van der Waals surface area contributed by atoms with Crippen LogP contribution in [0, 0.1) is 0 Å². The first-order valence-electron chi connectivity index (χ1n) is 11.1. The molecule has 1 amide bonds. The van der Waals surface area contributed by atoms with Crippen molar-refractivity contribution in [1.82, 2.24) is 19.0 Å². The second-order valence-electron chi connectivity index (χ2n) is 8.35. The number of aryl methyl sites for hydroxylation is 1. The van der Waals surface area contributed by atoms with E-state index in [9.17, 15) is 18.0 Å². The van der Waals surface area contributed by atoms with Gasteiger partial charge >= 0.3 is 0 Å². The maximum atomic E-state index is 13.5. The lowest BCUT2D eigenvalue weighted by Crippen LogP contribution is -2.47. The van der Waals surface area contributed by atoms with Gasteiger partial charge < -0.3 is 15.0 Å². The zero-order valence-corrected chi connectivity index (χ0v) is 19.9. The number of nitrogens with zero attached hydrogens (tertiary/aromatic N) is 4. The largest absolute Gasteiger partial charge is 0.495 e. The maximum Gasteiger partial charge on any atom is 0.249 e. The molecule has 0 saturated carbocycles. The molecule has 0 radical (unpaired) electrons. The van der Waals surface area contributed by atoms with Crippen molar-refractivity contribution in [3.05, 3.63) is 23.9 Å². The number of nitrogens with one attached hydrogen (secondary N) is 1. The molecule has 0 unspecified atom stereocenters. The number of hydrogen-bond acceptors (Lipinski definition) is 7. The average molecular weight is 476 g/mol. The molecule has 1 aromatic heterocycles. The standard InChI is InChI=1S/C22H29N5O5S/c1-4-5-16-21(22-23-19(28)8-9-20(29)27(22)24-16)15-6-7-17(32-3)18(14-15)33(30,31)26-12-10-25(2)11-13-26/h6-7,14H,4-5,8-13H2,1-3H3,(H,23,28). The zero-order chi connectivity index (χ0) is 23.8. The number of likely N-dealkylation sites (N-methyl/N-ethyl adjacent to an activating group) is 1. The van der Waals surface area contributed by atoms with Crippen LogP contribution in [0.3, 0.4) is 0 Å². The molecule has 1 fully saturated rings. The molecular formula is C22H29N5O5S. The average Bonchev–Trinajstić information content (AvgIpc) is 3.08. The molecule has 2 aromatic rings. The van der Waals surface area contributed by atoms with E-state index in [1.54, 1.807) is 18.2 Å².